The molecular weight excluding hydrogens is 444 g/mol. The maximum Gasteiger partial charge on any atom is 0.325 e. The molecule has 0 saturated heterocycles. The monoisotopic (exact) mass is 470 g/mol. The van der Waals surface area contributed by atoms with E-state index in [1.165, 1.54) is 24.2 Å². The van der Waals surface area contributed by atoms with Gasteiger partial charge >= 0.3 is 5.69 Å². The number of H-pyrrole nitrogens is 2. The number of nitrogens with zero attached hydrogens (tertiary/aromatic N) is 3. The number of benzene rings is 1. The zero-order chi connectivity index (χ0) is 23.2. The van der Waals surface area contributed by atoms with Gasteiger partial charge in [0.25, 0.3) is 5.56 Å². The fourth-order valence-electron chi connectivity index (χ4n) is 3.93. The van der Waals surface area contributed by atoms with Crippen molar-refractivity contribution in [3.05, 3.63) is 62.7 Å². The van der Waals surface area contributed by atoms with Crippen molar-refractivity contribution in [1.29, 1.82) is 0 Å². The van der Waals surface area contributed by atoms with Gasteiger partial charge in [0, 0.05) is 29.9 Å². The molecule has 4 rings (SSSR count). The van der Waals surface area contributed by atoms with Crippen molar-refractivity contribution in [2.75, 3.05) is 12.9 Å². The Kier molecular flexibility index (Phi) is 7.28. The number of aromatic nitrogens is 5. The Morgan fingerprint density at radius 3 is 2.61 bits per heavy atom. The van der Waals surface area contributed by atoms with Crippen LogP contribution < -0.4 is 21.3 Å². The molecule has 1 fully saturated rings. The Hall–Kier alpha value is -3.34. The number of rotatable bonds is 8. The van der Waals surface area contributed by atoms with Gasteiger partial charge in [0.15, 0.2) is 5.16 Å². The number of hydrogen-bond acceptors (Lipinski definition) is 7. The highest BCUT2D eigenvalue weighted by molar-refractivity contribution is 7.99. The number of hydrogen-bond donors (Lipinski definition) is 3. The number of thioether (sulfide) groups is 1. The summed E-state index contributed by atoms with van der Waals surface area (Å²) in [5, 5.41) is 12.2. The highest BCUT2D eigenvalue weighted by Gasteiger charge is 2.19. The summed E-state index contributed by atoms with van der Waals surface area (Å²) in [5.74, 6) is 1.41. The van der Waals surface area contributed by atoms with Gasteiger partial charge in [-0.3, -0.25) is 19.1 Å². The summed E-state index contributed by atoms with van der Waals surface area (Å²) >= 11 is 1.29. The Bertz CT molecular complexity index is 1180. The number of carbonyl (C=O) groups excluding carboxylic acids is 1. The van der Waals surface area contributed by atoms with Crippen molar-refractivity contribution in [2.24, 2.45) is 0 Å². The molecule has 2 heterocycles. The van der Waals surface area contributed by atoms with Crippen LogP contribution in [0, 0.1) is 0 Å². The fraction of sp³-hybridized carbons (Fsp3) is 0.409. The smallest absolute Gasteiger partial charge is 0.325 e. The Labute approximate surface area is 194 Å². The summed E-state index contributed by atoms with van der Waals surface area (Å²) in [7, 11) is 1.59. The summed E-state index contributed by atoms with van der Waals surface area (Å²) in [6.07, 6.45) is 5.77. The standard InChI is InChI=1S/C22H26N6O4S/c1-32-17-9-7-16(8-10-17)28-18(11-15-12-19(29)25-21(31)24-15)26-27-22(28)33-13-20(30)23-14-5-3-2-4-6-14/h7-10,12,14H,2-6,11,13H2,1H3,(H,23,30)(H2,24,25,29,31). The second-order valence-electron chi connectivity index (χ2n) is 7.91. The van der Waals surface area contributed by atoms with Crippen LogP contribution in [0.2, 0.25) is 0 Å². The first-order valence-corrected chi connectivity index (χ1v) is 11.8. The normalized spacial score (nSPS) is 14.2. The molecule has 0 aliphatic heterocycles. The number of carbonyl (C=O) groups is 1. The first-order chi connectivity index (χ1) is 16.0. The maximum atomic E-state index is 12.5. The highest BCUT2D eigenvalue weighted by atomic mass is 32.2. The lowest BCUT2D eigenvalue weighted by Crippen LogP contribution is -2.37. The van der Waals surface area contributed by atoms with E-state index in [1.807, 2.05) is 28.8 Å². The number of amides is 1. The lowest BCUT2D eigenvalue weighted by Gasteiger charge is -2.22. The largest absolute Gasteiger partial charge is 0.497 e. The predicted octanol–water partition coefficient (Wildman–Crippen LogP) is 1.78. The van der Waals surface area contributed by atoms with Crippen molar-refractivity contribution in [1.82, 2.24) is 30.0 Å². The fourth-order valence-corrected chi connectivity index (χ4v) is 4.71. The molecule has 1 aliphatic carbocycles. The molecule has 0 radical (unpaired) electrons. The van der Waals surface area contributed by atoms with Gasteiger partial charge in [-0.15, -0.1) is 10.2 Å². The first kappa shape index (κ1) is 22.8. The van der Waals surface area contributed by atoms with Crippen molar-refractivity contribution in [3.8, 4) is 11.4 Å². The van der Waals surface area contributed by atoms with Crippen molar-refractivity contribution in [3.63, 3.8) is 0 Å². The van der Waals surface area contributed by atoms with Crippen LogP contribution in [-0.4, -0.2) is 49.5 Å². The average molecular weight is 471 g/mol. The van der Waals surface area contributed by atoms with E-state index < -0.39 is 11.2 Å². The van der Waals surface area contributed by atoms with Crippen molar-refractivity contribution < 1.29 is 9.53 Å². The second kappa shape index (κ2) is 10.5. The van der Waals surface area contributed by atoms with Gasteiger partial charge in [0.05, 0.1) is 12.9 Å². The number of methoxy groups -OCH3 is 1. The van der Waals surface area contributed by atoms with Crippen LogP contribution in [0.4, 0.5) is 0 Å². The summed E-state index contributed by atoms with van der Waals surface area (Å²) in [5.41, 5.74) is 0.121. The molecule has 1 amide bonds. The van der Waals surface area contributed by atoms with E-state index in [0.29, 0.717) is 22.4 Å². The quantitative estimate of drug-likeness (QED) is 0.427. The zero-order valence-electron chi connectivity index (χ0n) is 18.3. The molecule has 33 heavy (non-hydrogen) atoms. The minimum Gasteiger partial charge on any atom is -0.497 e. The molecule has 0 bridgehead atoms. The van der Waals surface area contributed by atoms with Crippen LogP contribution in [0.3, 0.4) is 0 Å². The van der Waals surface area contributed by atoms with Gasteiger partial charge in [0.1, 0.15) is 11.6 Å². The third-order valence-electron chi connectivity index (χ3n) is 5.50. The van der Waals surface area contributed by atoms with Crippen molar-refractivity contribution in [2.45, 2.75) is 49.7 Å². The summed E-state index contributed by atoms with van der Waals surface area (Å²) in [6, 6.07) is 8.92. The van der Waals surface area contributed by atoms with Crippen LogP contribution in [0.25, 0.3) is 5.69 Å². The molecule has 1 aliphatic rings. The molecule has 0 unspecified atom stereocenters. The third kappa shape index (κ3) is 5.92. The minimum atomic E-state index is -0.581. The molecule has 0 spiro atoms. The van der Waals surface area contributed by atoms with Crippen molar-refractivity contribution >= 4 is 17.7 Å². The van der Waals surface area contributed by atoms with Crippen LogP contribution in [0.1, 0.15) is 43.6 Å². The Morgan fingerprint density at radius 1 is 1.15 bits per heavy atom. The van der Waals surface area contributed by atoms with Gasteiger partial charge in [-0.1, -0.05) is 31.0 Å². The Balaban J connectivity index is 1.57. The molecule has 3 aromatic rings. The number of nitrogens with one attached hydrogen (secondary N) is 3. The van der Waals surface area contributed by atoms with E-state index in [0.717, 1.165) is 31.4 Å². The third-order valence-corrected chi connectivity index (χ3v) is 6.43. The van der Waals surface area contributed by atoms with Crippen LogP contribution >= 0.6 is 11.8 Å². The molecule has 1 saturated carbocycles. The first-order valence-electron chi connectivity index (χ1n) is 10.9. The van der Waals surface area contributed by atoms with Gasteiger partial charge < -0.3 is 15.0 Å². The average Bonchev–Trinajstić information content (AvgIpc) is 3.20. The molecular formula is C22H26N6O4S. The van der Waals surface area contributed by atoms with E-state index in [-0.39, 0.29) is 24.1 Å². The maximum absolute atomic E-state index is 12.5. The van der Waals surface area contributed by atoms with Crippen LogP contribution in [0.15, 0.2) is 45.1 Å². The summed E-state index contributed by atoms with van der Waals surface area (Å²) in [6.45, 7) is 0. The lowest BCUT2D eigenvalue weighted by atomic mass is 9.95. The van der Waals surface area contributed by atoms with Crippen LogP contribution in [0.5, 0.6) is 5.75 Å². The van der Waals surface area contributed by atoms with E-state index in [2.05, 4.69) is 25.5 Å². The van der Waals surface area contributed by atoms with Gasteiger partial charge in [-0.2, -0.15) is 0 Å². The predicted molar refractivity (Wildman–Crippen MR) is 124 cm³/mol. The zero-order valence-corrected chi connectivity index (χ0v) is 19.1. The molecule has 3 N–H and O–H groups in total. The van der Waals surface area contributed by atoms with E-state index in [1.54, 1.807) is 7.11 Å². The molecule has 174 valence electrons. The Morgan fingerprint density at radius 2 is 1.91 bits per heavy atom. The lowest BCUT2D eigenvalue weighted by molar-refractivity contribution is -0.119. The second-order valence-corrected chi connectivity index (χ2v) is 8.86. The number of aromatic amines is 2. The van der Waals surface area contributed by atoms with Gasteiger partial charge in [-0.25, -0.2) is 4.79 Å². The van der Waals surface area contributed by atoms with Gasteiger partial charge in [-0.05, 0) is 37.1 Å². The SMILES string of the molecule is COc1ccc(-n2c(Cc3cc(=O)[nH]c(=O)[nH]3)nnc2SCC(=O)NC2CCCCC2)cc1. The van der Waals surface area contributed by atoms with E-state index >= 15 is 0 Å². The molecule has 0 atom stereocenters. The van der Waals surface area contributed by atoms with E-state index in [4.69, 9.17) is 4.74 Å². The van der Waals surface area contributed by atoms with Gasteiger partial charge in [0.2, 0.25) is 5.91 Å². The molecule has 11 heteroatoms. The van der Waals surface area contributed by atoms with E-state index in [9.17, 15) is 14.4 Å². The molecule has 2 aromatic heterocycles. The summed E-state index contributed by atoms with van der Waals surface area (Å²) in [4.78, 5) is 40.6. The van der Waals surface area contributed by atoms with Crippen LogP contribution in [-0.2, 0) is 11.2 Å². The minimum absolute atomic E-state index is 0.0309. The topological polar surface area (TPSA) is 135 Å². The summed E-state index contributed by atoms with van der Waals surface area (Å²) < 4.78 is 7.06. The highest BCUT2D eigenvalue weighted by Crippen LogP contribution is 2.25. The number of ether oxygens (including phenoxy) is 1. The molecule has 1 aromatic carbocycles. The molecule has 10 nitrogen and oxygen atoms in total.